The number of rotatable bonds is 7. The highest BCUT2D eigenvalue weighted by Gasteiger charge is 2.33. The first-order valence-corrected chi connectivity index (χ1v) is 11.9. The van der Waals surface area contributed by atoms with Crippen LogP contribution in [-0.2, 0) is 22.4 Å². The van der Waals surface area contributed by atoms with Crippen LogP contribution < -0.4 is 0 Å². The number of hydrogen-bond donors (Lipinski definition) is 0. The average molecular weight is 465 g/mol. The maximum atomic E-state index is 13.5. The fourth-order valence-corrected chi connectivity index (χ4v) is 5.17. The van der Waals surface area contributed by atoms with Gasteiger partial charge in [-0.25, -0.2) is 0 Å². The fourth-order valence-electron chi connectivity index (χ4n) is 4.14. The fraction of sp³-hybridized carbons (Fsp3) is 0.231. The molecule has 1 aliphatic rings. The molecule has 2 aromatic carbocycles. The molecular weight excluding hydrogens is 440 g/mol. The van der Waals surface area contributed by atoms with Gasteiger partial charge in [-0.2, -0.15) is 0 Å². The van der Waals surface area contributed by atoms with E-state index in [1.165, 1.54) is 4.88 Å². The Hall–Kier alpha value is -2.89. The van der Waals surface area contributed by atoms with Crippen molar-refractivity contribution in [2.24, 2.45) is 0 Å². The van der Waals surface area contributed by atoms with Crippen LogP contribution in [0.4, 0.5) is 0 Å². The van der Waals surface area contributed by atoms with Crippen molar-refractivity contribution < 1.29 is 9.59 Å². The number of fused-ring (bicyclic) bond motifs is 1. The van der Waals surface area contributed by atoms with Gasteiger partial charge in [0.05, 0.1) is 12.5 Å². The lowest BCUT2D eigenvalue weighted by Crippen LogP contribution is -2.47. The van der Waals surface area contributed by atoms with Gasteiger partial charge in [0.15, 0.2) is 0 Å². The predicted octanol–water partition coefficient (Wildman–Crippen LogP) is 5.13. The monoisotopic (exact) mass is 464 g/mol. The molecule has 2 amide bonds. The van der Waals surface area contributed by atoms with E-state index in [-0.39, 0.29) is 30.8 Å². The normalized spacial score (nSPS) is 15.2. The van der Waals surface area contributed by atoms with E-state index in [9.17, 15) is 9.59 Å². The van der Waals surface area contributed by atoms with Crippen LogP contribution >= 0.6 is 22.9 Å². The molecule has 0 spiro atoms. The van der Waals surface area contributed by atoms with Crippen molar-refractivity contribution in [3.05, 3.63) is 105 Å². The van der Waals surface area contributed by atoms with Gasteiger partial charge < -0.3 is 9.80 Å². The van der Waals surface area contributed by atoms with E-state index >= 15 is 0 Å². The van der Waals surface area contributed by atoms with E-state index in [4.69, 9.17) is 11.6 Å². The molecule has 164 valence electrons. The van der Waals surface area contributed by atoms with E-state index in [2.05, 4.69) is 18.0 Å². The molecule has 0 aliphatic carbocycles. The van der Waals surface area contributed by atoms with Gasteiger partial charge in [-0.1, -0.05) is 60.1 Å². The molecule has 0 N–H and O–H groups in total. The number of benzene rings is 2. The molecule has 0 bridgehead atoms. The molecule has 4 nitrogen and oxygen atoms in total. The second-order valence-electron chi connectivity index (χ2n) is 7.82. The van der Waals surface area contributed by atoms with Gasteiger partial charge in [0.2, 0.25) is 11.8 Å². The first-order valence-electron chi connectivity index (χ1n) is 10.6. The SMILES string of the molecule is C=CCN(CC(=O)N1CCc2sccc2C1c1ccc(Cl)cc1)C(=O)Cc1ccccc1. The van der Waals surface area contributed by atoms with E-state index < -0.39 is 0 Å². The topological polar surface area (TPSA) is 40.6 Å². The number of amides is 2. The first-order chi connectivity index (χ1) is 15.6. The molecule has 1 aliphatic heterocycles. The number of hydrogen-bond acceptors (Lipinski definition) is 3. The molecule has 1 aromatic heterocycles. The summed E-state index contributed by atoms with van der Waals surface area (Å²) < 4.78 is 0. The molecule has 0 saturated heterocycles. The van der Waals surface area contributed by atoms with Gasteiger partial charge in [-0.3, -0.25) is 9.59 Å². The lowest BCUT2D eigenvalue weighted by atomic mass is 9.93. The van der Waals surface area contributed by atoms with Crippen LogP contribution in [0, 0.1) is 0 Å². The Morgan fingerprint density at radius 1 is 1.12 bits per heavy atom. The third-order valence-electron chi connectivity index (χ3n) is 5.70. The lowest BCUT2D eigenvalue weighted by Gasteiger charge is -2.37. The van der Waals surface area contributed by atoms with Crippen molar-refractivity contribution in [1.82, 2.24) is 9.80 Å². The Kier molecular flexibility index (Phi) is 7.08. The Balaban J connectivity index is 1.56. The standard InChI is InChI=1S/C26H25ClN2O2S/c1-2-14-28(24(30)17-19-6-4-3-5-7-19)18-25(31)29-15-12-23-22(13-16-32-23)26(29)20-8-10-21(27)11-9-20/h2-11,13,16,26H,1,12,14-15,17-18H2. The summed E-state index contributed by atoms with van der Waals surface area (Å²) in [5, 5.41) is 2.74. The summed E-state index contributed by atoms with van der Waals surface area (Å²) in [5.41, 5.74) is 3.11. The minimum Gasteiger partial charge on any atom is -0.330 e. The van der Waals surface area contributed by atoms with Crippen LogP contribution in [-0.4, -0.2) is 41.2 Å². The third kappa shape index (κ3) is 4.95. The average Bonchev–Trinajstić information content (AvgIpc) is 3.28. The molecule has 1 unspecified atom stereocenters. The van der Waals surface area contributed by atoms with Crippen molar-refractivity contribution in [1.29, 1.82) is 0 Å². The molecule has 0 radical (unpaired) electrons. The minimum absolute atomic E-state index is 0.0290. The second-order valence-corrected chi connectivity index (χ2v) is 9.25. The van der Waals surface area contributed by atoms with Crippen molar-refractivity contribution in [2.45, 2.75) is 18.9 Å². The number of nitrogens with zero attached hydrogens (tertiary/aromatic N) is 2. The Morgan fingerprint density at radius 2 is 1.88 bits per heavy atom. The summed E-state index contributed by atoms with van der Waals surface area (Å²) in [6.45, 7) is 4.76. The highest BCUT2D eigenvalue weighted by atomic mass is 35.5. The van der Waals surface area contributed by atoms with E-state index in [1.54, 1.807) is 22.3 Å². The van der Waals surface area contributed by atoms with Gasteiger partial charge in [0.1, 0.15) is 6.54 Å². The van der Waals surface area contributed by atoms with Crippen LogP contribution in [0.1, 0.15) is 27.6 Å². The van der Waals surface area contributed by atoms with Crippen molar-refractivity contribution in [3.8, 4) is 0 Å². The molecule has 4 rings (SSSR count). The van der Waals surface area contributed by atoms with Crippen molar-refractivity contribution in [2.75, 3.05) is 19.6 Å². The smallest absolute Gasteiger partial charge is 0.243 e. The number of thiophene rings is 1. The van der Waals surface area contributed by atoms with Crippen molar-refractivity contribution in [3.63, 3.8) is 0 Å². The summed E-state index contributed by atoms with van der Waals surface area (Å²) in [4.78, 5) is 31.2. The molecule has 1 atom stereocenters. The van der Waals surface area contributed by atoms with Crippen molar-refractivity contribution >= 4 is 34.8 Å². The quantitative estimate of drug-likeness (QED) is 0.454. The largest absolute Gasteiger partial charge is 0.330 e. The number of carbonyl (C=O) groups excluding carboxylic acids is 2. The zero-order valence-corrected chi connectivity index (χ0v) is 19.3. The van der Waals surface area contributed by atoms with Crippen LogP contribution in [0.3, 0.4) is 0 Å². The summed E-state index contributed by atoms with van der Waals surface area (Å²) in [6.07, 6.45) is 2.75. The van der Waals surface area contributed by atoms with Gasteiger partial charge in [0.25, 0.3) is 0 Å². The van der Waals surface area contributed by atoms with Gasteiger partial charge >= 0.3 is 0 Å². The molecule has 0 fully saturated rings. The highest BCUT2D eigenvalue weighted by Crippen LogP contribution is 2.38. The van der Waals surface area contributed by atoms with Gasteiger partial charge in [-0.15, -0.1) is 17.9 Å². The summed E-state index contributed by atoms with van der Waals surface area (Å²) in [6, 6.07) is 19.2. The van der Waals surface area contributed by atoms with E-state index in [0.717, 1.165) is 23.1 Å². The third-order valence-corrected chi connectivity index (χ3v) is 6.95. The Bertz CT molecular complexity index is 1090. The molecule has 3 aromatic rings. The molecular formula is C26H25ClN2O2S. The summed E-state index contributed by atoms with van der Waals surface area (Å²) in [5.74, 6) is -0.147. The van der Waals surface area contributed by atoms with Gasteiger partial charge in [0, 0.05) is 23.0 Å². The number of carbonyl (C=O) groups is 2. The van der Waals surface area contributed by atoms with Crippen LogP contribution in [0.15, 0.2) is 78.7 Å². The second kappa shape index (κ2) is 10.2. The van der Waals surface area contributed by atoms with E-state index in [1.807, 2.05) is 59.5 Å². The summed E-state index contributed by atoms with van der Waals surface area (Å²) >= 11 is 7.83. The van der Waals surface area contributed by atoms with Crippen LogP contribution in [0.25, 0.3) is 0 Å². The Morgan fingerprint density at radius 3 is 2.59 bits per heavy atom. The molecule has 0 saturated carbocycles. The zero-order valence-electron chi connectivity index (χ0n) is 17.7. The van der Waals surface area contributed by atoms with E-state index in [0.29, 0.717) is 18.1 Å². The number of halogens is 1. The summed E-state index contributed by atoms with van der Waals surface area (Å²) in [7, 11) is 0. The molecule has 2 heterocycles. The predicted molar refractivity (Wildman–Crippen MR) is 130 cm³/mol. The molecule has 6 heteroatoms. The lowest BCUT2D eigenvalue weighted by molar-refractivity contribution is -0.141. The van der Waals surface area contributed by atoms with Crippen LogP contribution in [0.2, 0.25) is 5.02 Å². The minimum atomic E-state index is -0.176. The Labute approximate surface area is 197 Å². The maximum Gasteiger partial charge on any atom is 0.243 e. The first kappa shape index (κ1) is 22.3. The maximum absolute atomic E-state index is 13.5. The molecule has 32 heavy (non-hydrogen) atoms. The zero-order chi connectivity index (χ0) is 22.5. The van der Waals surface area contributed by atoms with Crippen LogP contribution in [0.5, 0.6) is 0 Å². The van der Waals surface area contributed by atoms with Gasteiger partial charge in [-0.05, 0) is 46.7 Å². The highest BCUT2D eigenvalue weighted by molar-refractivity contribution is 7.10.